The first-order valence-electron chi connectivity index (χ1n) is 8.25. The quantitative estimate of drug-likeness (QED) is 0.616. The van der Waals surface area contributed by atoms with Crippen LogP contribution in [0, 0.1) is 5.82 Å². The fourth-order valence-corrected chi connectivity index (χ4v) is 2.41. The first-order chi connectivity index (χ1) is 12.3. The molecule has 0 saturated heterocycles. The van der Waals surface area contributed by atoms with E-state index in [1.807, 2.05) is 12.3 Å². The van der Waals surface area contributed by atoms with Crippen molar-refractivity contribution >= 4 is 5.95 Å². The zero-order valence-electron chi connectivity index (χ0n) is 13.8. The highest BCUT2D eigenvalue weighted by atomic mass is 19.1. The van der Waals surface area contributed by atoms with Crippen LogP contribution in [0.2, 0.25) is 0 Å². The Kier molecular flexibility index (Phi) is 5.69. The number of benzene rings is 1. The number of hydrogen-bond donors (Lipinski definition) is 2. The summed E-state index contributed by atoms with van der Waals surface area (Å²) in [4.78, 5) is 8.71. The van der Waals surface area contributed by atoms with E-state index in [-0.39, 0.29) is 12.4 Å². The molecule has 0 aliphatic carbocycles. The summed E-state index contributed by atoms with van der Waals surface area (Å²) in [5.74, 6) is 0.290. The van der Waals surface area contributed by atoms with Crippen LogP contribution in [0.15, 0.2) is 48.9 Å². The smallest absolute Gasteiger partial charge is 0.223 e. The van der Waals surface area contributed by atoms with E-state index >= 15 is 0 Å². The molecule has 0 unspecified atom stereocenters. The summed E-state index contributed by atoms with van der Waals surface area (Å²) in [7, 11) is 0. The van der Waals surface area contributed by atoms with Crippen molar-refractivity contribution in [1.82, 2.24) is 19.7 Å². The third-order valence-corrected chi connectivity index (χ3v) is 3.74. The van der Waals surface area contributed by atoms with Gasteiger partial charge in [0.1, 0.15) is 5.82 Å². The summed E-state index contributed by atoms with van der Waals surface area (Å²) in [6.07, 6.45) is 8.00. The first-order valence-corrected chi connectivity index (χ1v) is 8.25. The lowest BCUT2D eigenvalue weighted by Gasteiger charge is -2.05. The number of aliphatic hydroxyl groups excluding tert-OH is 1. The summed E-state index contributed by atoms with van der Waals surface area (Å²) < 4.78 is 14.7. The number of unbranched alkanes of at least 4 members (excludes halogenated alkanes) is 2. The van der Waals surface area contributed by atoms with E-state index in [2.05, 4.69) is 20.4 Å². The van der Waals surface area contributed by atoms with Gasteiger partial charge in [-0.05, 0) is 49.6 Å². The molecule has 3 aromatic rings. The Morgan fingerprint density at radius 2 is 1.92 bits per heavy atom. The number of hydrogen-bond acceptors (Lipinski definition) is 5. The van der Waals surface area contributed by atoms with Crippen LogP contribution in [0.1, 0.15) is 19.3 Å². The lowest BCUT2D eigenvalue weighted by molar-refractivity contribution is 0.283. The molecule has 25 heavy (non-hydrogen) atoms. The summed E-state index contributed by atoms with van der Waals surface area (Å²) in [6, 6.07) is 7.97. The number of nitrogens with zero attached hydrogens (tertiary/aromatic N) is 4. The molecule has 130 valence electrons. The second kappa shape index (κ2) is 8.34. The Morgan fingerprint density at radius 1 is 1.08 bits per heavy atom. The second-order valence-electron chi connectivity index (χ2n) is 5.63. The summed E-state index contributed by atoms with van der Waals surface area (Å²) >= 11 is 0. The van der Waals surface area contributed by atoms with Crippen LogP contribution in [0.3, 0.4) is 0 Å². The maximum absolute atomic E-state index is 13.0. The van der Waals surface area contributed by atoms with Crippen LogP contribution in [0.4, 0.5) is 10.3 Å². The van der Waals surface area contributed by atoms with Gasteiger partial charge in [0.25, 0.3) is 0 Å². The van der Waals surface area contributed by atoms with Crippen molar-refractivity contribution in [3.63, 3.8) is 0 Å². The fourth-order valence-electron chi connectivity index (χ4n) is 2.41. The number of halogens is 1. The van der Waals surface area contributed by atoms with Crippen molar-refractivity contribution in [2.75, 3.05) is 18.5 Å². The minimum absolute atomic E-state index is 0.226. The maximum Gasteiger partial charge on any atom is 0.223 e. The lowest BCUT2D eigenvalue weighted by atomic mass is 10.2. The van der Waals surface area contributed by atoms with Gasteiger partial charge in [-0.2, -0.15) is 5.10 Å². The molecular formula is C18H20FN5O. The number of aromatic nitrogens is 4. The van der Waals surface area contributed by atoms with Crippen molar-refractivity contribution in [3.05, 3.63) is 54.7 Å². The van der Waals surface area contributed by atoms with Gasteiger partial charge in [-0.25, -0.2) is 19.0 Å². The molecule has 2 N–H and O–H groups in total. The van der Waals surface area contributed by atoms with E-state index in [1.165, 1.54) is 12.1 Å². The van der Waals surface area contributed by atoms with Gasteiger partial charge in [-0.1, -0.05) is 0 Å². The van der Waals surface area contributed by atoms with Crippen LogP contribution in [-0.4, -0.2) is 38.0 Å². The predicted molar refractivity (Wildman–Crippen MR) is 94.0 cm³/mol. The molecule has 0 spiro atoms. The van der Waals surface area contributed by atoms with Gasteiger partial charge in [0.2, 0.25) is 5.95 Å². The summed E-state index contributed by atoms with van der Waals surface area (Å²) in [5, 5.41) is 16.3. The first kappa shape index (κ1) is 17.0. The number of anilines is 1. The Balaban J connectivity index is 1.68. The van der Waals surface area contributed by atoms with Gasteiger partial charge < -0.3 is 10.4 Å². The zero-order valence-corrected chi connectivity index (χ0v) is 13.8. The van der Waals surface area contributed by atoms with E-state index in [4.69, 9.17) is 5.11 Å². The van der Waals surface area contributed by atoms with Gasteiger partial charge in [0, 0.05) is 31.1 Å². The van der Waals surface area contributed by atoms with E-state index in [0.717, 1.165) is 42.8 Å². The molecule has 0 saturated carbocycles. The maximum atomic E-state index is 13.0. The molecule has 0 aliphatic rings. The molecule has 2 heterocycles. The minimum Gasteiger partial charge on any atom is -0.396 e. The van der Waals surface area contributed by atoms with Crippen molar-refractivity contribution in [2.45, 2.75) is 19.3 Å². The molecule has 6 nitrogen and oxygen atoms in total. The molecule has 0 atom stereocenters. The Hall–Kier alpha value is -2.80. The van der Waals surface area contributed by atoms with Crippen molar-refractivity contribution in [3.8, 4) is 16.9 Å². The molecule has 1 aromatic carbocycles. The van der Waals surface area contributed by atoms with Gasteiger partial charge >= 0.3 is 0 Å². The highest BCUT2D eigenvalue weighted by Crippen LogP contribution is 2.19. The summed E-state index contributed by atoms with van der Waals surface area (Å²) in [6.45, 7) is 0.988. The van der Waals surface area contributed by atoms with Gasteiger partial charge in [0.15, 0.2) is 0 Å². The average molecular weight is 341 g/mol. The minimum atomic E-state index is -0.276. The highest BCUT2D eigenvalue weighted by Gasteiger charge is 2.06. The standard InChI is InChI=1S/C18H20FN5O/c19-15-4-6-16(7-5-15)24-13-14(12-22-24)17-8-10-21-18(23-17)20-9-2-1-3-11-25/h4-8,10,12-13,25H,1-3,9,11H2,(H,20,21,23). The normalized spacial score (nSPS) is 10.8. The predicted octanol–water partition coefficient (Wildman–Crippen LogP) is 3.04. The molecule has 0 aliphatic heterocycles. The summed E-state index contributed by atoms with van der Waals surface area (Å²) in [5.41, 5.74) is 2.40. The topological polar surface area (TPSA) is 75.9 Å². The Bertz CT molecular complexity index is 803. The Morgan fingerprint density at radius 3 is 2.72 bits per heavy atom. The van der Waals surface area contributed by atoms with Crippen LogP contribution < -0.4 is 5.32 Å². The van der Waals surface area contributed by atoms with Crippen molar-refractivity contribution < 1.29 is 9.50 Å². The van der Waals surface area contributed by atoms with Crippen LogP contribution in [0.5, 0.6) is 0 Å². The monoisotopic (exact) mass is 341 g/mol. The van der Waals surface area contributed by atoms with E-state index in [1.54, 1.807) is 29.2 Å². The largest absolute Gasteiger partial charge is 0.396 e. The molecule has 0 bridgehead atoms. The molecule has 2 aromatic heterocycles. The SMILES string of the molecule is OCCCCCNc1nccc(-c2cnn(-c3ccc(F)cc3)c2)n1. The van der Waals surface area contributed by atoms with E-state index in [0.29, 0.717) is 5.95 Å². The molecule has 0 fully saturated rings. The number of nitrogens with one attached hydrogen (secondary N) is 1. The molecule has 3 rings (SSSR count). The van der Waals surface area contributed by atoms with Gasteiger partial charge in [-0.3, -0.25) is 0 Å². The molecule has 0 radical (unpaired) electrons. The van der Waals surface area contributed by atoms with Gasteiger partial charge in [0.05, 0.1) is 17.6 Å². The van der Waals surface area contributed by atoms with E-state index in [9.17, 15) is 4.39 Å². The third kappa shape index (κ3) is 4.60. The molecule has 0 amide bonds. The lowest BCUT2D eigenvalue weighted by Crippen LogP contribution is -2.05. The van der Waals surface area contributed by atoms with Crippen LogP contribution in [0.25, 0.3) is 16.9 Å². The van der Waals surface area contributed by atoms with Gasteiger partial charge in [-0.15, -0.1) is 0 Å². The van der Waals surface area contributed by atoms with E-state index < -0.39 is 0 Å². The van der Waals surface area contributed by atoms with Crippen molar-refractivity contribution in [1.29, 1.82) is 0 Å². The third-order valence-electron chi connectivity index (χ3n) is 3.74. The zero-order chi connectivity index (χ0) is 17.5. The van der Waals surface area contributed by atoms with Crippen molar-refractivity contribution in [2.24, 2.45) is 0 Å². The fraction of sp³-hybridized carbons (Fsp3) is 0.278. The average Bonchev–Trinajstić information content (AvgIpc) is 3.13. The Labute approximate surface area is 145 Å². The van der Waals surface area contributed by atoms with Crippen LogP contribution in [-0.2, 0) is 0 Å². The number of rotatable bonds is 8. The highest BCUT2D eigenvalue weighted by molar-refractivity contribution is 5.58. The molecular weight excluding hydrogens is 321 g/mol. The van der Waals surface area contributed by atoms with Crippen LogP contribution >= 0.6 is 0 Å². The molecule has 7 heteroatoms. The number of aliphatic hydroxyl groups is 1. The second-order valence-corrected chi connectivity index (χ2v) is 5.63.